The summed E-state index contributed by atoms with van der Waals surface area (Å²) in [6.07, 6.45) is 6.19. The Morgan fingerprint density at radius 2 is 1.46 bits per heavy atom. The van der Waals surface area contributed by atoms with Crippen molar-refractivity contribution in [1.82, 2.24) is 10.2 Å². The van der Waals surface area contributed by atoms with Crippen LogP contribution in [-0.2, 0) is 11.1 Å². The molecule has 2 unspecified atom stereocenters. The molecule has 4 heterocycles. The Bertz CT molecular complexity index is 1490. The summed E-state index contributed by atoms with van der Waals surface area (Å²) in [7, 11) is 1.14. The van der Waals surface area contributed by atoms with Gasteiger partial charge in [-0.1, -0.05) is 47.5 Å². The topological polar surface area (TPSA) is 49.4 Å². The van der Waals surface area contributed by atoms with Gasteiger partial charge in [0.2, 0.25) is 0 Å². The Morgan fingerprint density at radius 1 is 0.878 bits per heavy atom. The molecule has 0 radical (unpaired) electrons. The molecule has 0 saturated carbocycles. The first-order valence-electron chi connectivity index (χ1n) is 14.0. The van der Waals surface area contributed by atoms with E-state index >= 15 is 0 Å². The van der Waals surface area contributed by atoms with Gasteiger partial charge in [0.05, 0.1) is 29.4 Å². The third-order valence-electron chi connectivity index (χ3n) is 7.90. The molecule has 2 saturated heterocycles. The normalized spacial score (nSPS) is 22.2. The summed E-state index contributed by atoms with van der Waals surface area (Å²) in [6.45, 7) is 2.04. The highest BCUT2D eigenvalue weighted by atomic mass is 35.5. The molecule has 0 spiro atoms. The molecule has 216 valence electrons. The molecule has 4 nitrogen and oxygen atoms in total. The van der Waals surface area contributed by atoms with Gasteiger partial charge in [0.1, 0.15) is 0 Å². The highest BCUT2D eigenvalue weighted by Crippen LogP contribution is 2.45. The van der Waals surface area contributed by atoms with Crippen LogP contribution in [0.2, 0.25) is 10.0 Å². The van der Waals surface area contributed by atoms with Gasteiger partial charge in [-0.15, -0.1) is 22.7 Å². The lowest BCUT2D eigenvalue weighted by Gasteiger charge is -2.36. The highest BCUT2D eigenvalue weighted by molar-refractivity contribution is 7.12. The summed E-state index contributed by atoms with van der Waals surface area (Å²) in [5, 5.41) is 9.28. The SMILES string of the molecule is CN1CCCC1(c1cccc(Cl)c1)c1csc(C=O)c1.O=Cc1cc(C2(c3cccc(Cl)c3)CCCN2)cs1.[2H]CF. The van der Waals surface area contributed by atoms with Crippen LogP contribution in [0.3, 0.4) is 0 Å². The van der Waals surface area contributed by atoms with E-state index in [2.05, 4.69) is 40.2 Å². The maximum atomic E-state index is 11.0. The molecular formula is C32H33Cl2FN2O2S2. The molecular weight excluding hydrogens is 598 g/mol. The number of alkyl halides is 1. The van der Waals surface area contributed by atoms with Crippen molar-refractivity contribution in [2.45, 2.75) is 36.8 Å². The third-order valence-corrected chi connectivity index (χ3v) is 10.1. The van der Waals surface area contributed by atoms with Crippen molar-refractivity contribution in [3.05, 3.63) is 113 Å². The fourth-order valence-corrected chi connectivity index (χ4v) is 7.96. The van der Waals surface area contributed by atoms with E-state index in [9.17, 15) is 14.0 Å². The number of hydrogen-bond donors (Lipinski definition) is 1. The van der Waals surface area contributed by atoms with Crippen molar-refractivity contribution in [2.75, 3.05) is 27.3 Å². The van der Waals surface area contributed by atoms with Gasteiger partial charge in [0.25, 0.3) is 0 Å². The summed E-state index contributed by atoms with van der Waals surface area (Å²) in [5.74, 6) is 0. The Balaban J connectivity index is 0.000000177. The number of benzene rings is 2. The van der Waals surface area contributed by atoms with E-state index in [0.29, 0.717) is 0 Å². The van der Waals surface area contributed by atoms with Gasteiger partial charge < -0.3 is 5.32 Å². The van der Waals surface area contributed by atoms with E-state index in [1.165, 1.54) is 44.9 Å². The van der Waals surface area contributed by atoms with Gasteiger partial charge in [0.15, 0.2) is 12.6 Å². The van der Waals surface area contributed by atoms with Crippen LogP contribution >= 0.6 is 45.9 Å². The van der Waals surface area contributed by atoms with E-state index in [4.69, 9.17) is 24.6 Å². The molecule has 4 aromatic rings. The standard InChI is InChI=1S/C16H16ClNOS.C15H14ClNOS.CH3F/c1-18-7-3-6-16(18,12-4-2-5-14(17)8-12)13-9-15(10-19)20-11-13;16-13-4-1-3-11(7-13)15(5-2-6-17-15)12-8-14(9-18)19-10-12;1-2/h2,4-5,8-11H,3,6-7H2,1H3;1,3-4,7-10,17H,2,5-6H2;1H3/i;;1D. The van der Waals surface area contributed by atoms with Crippen LogP contribution in [-0.4, -0.2) is 44.8 Å². The van der Waals surface area contributed by atoms with E-state index in [1.807, 2.05) is 48.5 Å². The van der Waals surface area contributed by atoms with Gasteiger partial charge in [-0.3, -0.25) is 18.9 Å². The van der Waals surface area contributed by atoms with Crippen molar-refractivity contribution in [1.29, 1.82) is 0 Å². The molecule has 9 heteroatoms. The molecule has 2 aromatic heterocycles. The number of nitrogens with one attached hydrogen (secondary N) is 1. The van der Waals surface area contributed by atoms with Gasteiger partial charge in [-0.25, -0.2) is 0 Å². The number of likely N-dealkylation sites (tertiary alicyclic amines) is 1. The van der Waals surface area contributed by atoms with Crippen molar-refractivity contribution in [3.8, 4) is 0 Å². The minimum absolute atomic E-state index is 0.150. The minimum Gasteiger partial charge on any atom is -0.304 e. The molecule has 6 rings (SSSR count). The number of carbonyl (C=O) groups is 2. The first-order valence-corrected chi connectivity index (χ1v) is 15.8. The molecule has 0 bridgehead atoms. The molecule has 2 aliphatic rings. The van der Waals surface area contributed by atoms with E-state index in [-0.39, 0.29) is 11.1 Å². The quantitative estimate of drug-likeness (QED) is 0.216. The van der Waals surface area contributed by atoms with Crippen LogP contribution in [0.15, 0.2) is 71.4 Å². The number of nitrogens with zero attached hydrogens (tertiary/aromatic N) is 1. The van der Waals surface area contributed by atoms with Crippen LogP contribution in [0.1, 0.15) is 68.7 Å². The Hall–Kier alpha value is -2.39. The highest BCUT2D eigenvalue weighted by Gasteiger charge is 2.42. The molecule has 2 fully saturated rings. The number of carbonyl (C=O) groups excluding carboxylic acids is 2. The van der Waals surface area contributed by atoms with E-state index in [1.54, 1.807) is 0 Å². The first-order chi connectivity index (χ1) is 20.3. The summed E-state index contributed by atoms with van der Waals surface area (Å²) >= 11 is 15.3. The van der Waals surface area contributed by atoms with Crippen molar-refractivity contribution in [3.63, 3.8) is 0 Å². The van der Waals surface area contributed by atoms with Crippen LogP contribution < -0.4 is 5.32 Å². The van der Waals surface area contributed by atoms with E-state index in [0.717, 1.165) is 71.1 Å². The minimum atomic E-state index is -1.00. The average Bonchev–Trinajstić information content (AvgIpc) is 3.81. The zero-order chi connectivity index (χ0) is 30.2. The maximum Gasteiger partial charge on any atom is 0.160 e. The number of thiophene rings is 2. The zero-order valence-corrected chi connectivity index (χ0v) is 25.9. The van der Waals surface area contributed by atoms with Gasteiger partial charge in [-0.2, -0.15) is 0 Å². The largest absolute Gasteiger partial charge is 0.304 e. The van der Waals surface area contributed by atoms with Crippen molar-refractivity contribution < 1.29 is 15.4 Å². The number of aldehydes is 2. The molecule has 2 aliphatic heterocycles. The summed E-state index contributed by atoms with van der Waals surface area (Å²) in [5.41, 5.74) is 4.41. The number of halogens is 3. The maximum absolute atomic E-state index is 11.0. The summed E-state index contributed by atoms with van der Waals surface area (Å²) in [6, 6.07) is 20.0. The molecule has 0 aliphatic carbocycles. The second kappa shape index (κ2) is 14.2. The Kier molecular flexibility index (Phi) is 10.4. The second-order valence-electron chi connectivity index (χ2n) is 10.1. The Labute approximate surface area is 260 Å². The molecule has 1 N–H and O–H groups in total. The van der Waals surface area contributed by atoms with Crippen LogP contribution in [0, 0.1) is 0 Å². The fourth-order valence-electron chi connectivity index (χ4n) is 6.02. The smallest absolute Gasteiger partial charge is 0.160 e. The molecule has 41 heavy (non-hydrogen) atoms. The lowest BCUT2D eigenvalue weighted by atomic mass is 9.82. The van der Waals surface area contributed by atoms with Crippen molar-refractivity contribution in [2.24, 2.45) is 0 Å². The van der Waals surface area contributed by atoms with Crippen LogP contribution in [0.25, 0.3) is 0 Å². The molecule has 2 aromatic carbocycles. The first kappa shape index (κ1) is 30.1. The monoisotopic (exact) mass is 631 g/mol. The van der Waals surface area contributed by atoms with Gasteiger partial charge in [0, 0.05) is 10.0 Å². The predicted molar refractivity (Wildman–Crippen MR) is 170 cm³/mol. The molecule has 2 atom stereocenters. The fraction of sp³-hybridized carbons (Fsp3) is 0.312. The number of hydrogen-bond acceptors (Lipinski definition) is 6. The summed E-state index contributed by atoms with van der Waals surface area (Å²) < 4.78 is 15.5. The van der Waals surface area contributed by atoms with Gasteiger partial charge >= 0.3 is 0 Å². The predicted octanol–water partition coefficient (Wildman–Crippen LogP) is 8.61. The summed E-state index contributed by atoms with van der Waals surface area (Å²) in [4.78, 5) is 25.8. The zero-order valence-electron chi connectivity index (χ0n) is 23.7. The van der Waals surface area contributed by atoms with Crippen molar-refractivity contribution >= 4 is 58.4 Å². The molecule has 0 amide bonds. The van der Waals surface area contributed by atoms with E-state index < -0.39 is 7.15 Å². The number of rotatable bonds is 6. The average molecular weight is 633 g/mol. The lowest BCUT2D eigenvalue weighted by Crippen LogP contribution is -2.39. The second-order valence-corrected chi connectivity index (χ2v) is 12.8. The van der Waals surface area contributed by atoms with Crippen LogP contribution in [0.5, 0.6) is 0 Å². The lowest BCUT2D eigenvalue weighted by molar-refractivity contribution is 0.111. The van der Waals surface area contributed by atoms with Gasteiger partial charge in [-0.05, 0) is 115 Å². The van der Waals surface area contributed by atoms with Crippen LogP contribution in [0.4, 0.5) is 4.39 Å². The third kappa shape index (κ3) is 6.51. The Morgan fingerprint density at radius 3 is 1.98 bits per heavy atom.